The van der Waals surface area contributed by atoms with Crippen molar-refractivity contribution in [3.05, 3.63) is 10.6 Å². The number of aryl methyl sites for hydroxylation is 2. The van der Waals surface area contributed by atoms with Gasteiger partial charge in [-0.1, -0.05) is 6.92 Å². The number of anilines is 1. The van der Waals surface area contributed by atoms with Gasteiger partial charge in [0.05, 0.1) is 11.1 Å². The normalized spacial score (nSPS) is 18.9. The summed E-state index contributed by atoms with van der Waals surface area (Å²) in [6, 6.07) is 0. The number of thiazole rings is 1. The Bertz CT molecular complexity index is 428. The van der Waals surface area contributed by atoms with Crippen LogP contribution in [0.4, 0.5) is 5.13 Å². The van der Waals surface area contributed by atoms with Crippen molar-refractivity contribution < 1.29 is 9.90 Å². The van der Waals surface area contributed by atoms with Gasteiger partial charge in [0.25, 0.3) is 0 Å². The Hall–Kier alpha value is -1.10. The molecule has 0 spiro atoms. The molecule has 0 amide bonds. The van der Waals surface area contributed by atoms with Crippen LogP contribution >= 0.6 is 11.3 Å². The minimum Gasteiger partial charge on any atom is -0.481 e. The number of hydrogen-bond acceptors (Lipinski definition) is 4. The van der Waals surface area contributed by atoms with E-state index in [1.54, 1.807) is 11.3 Å². The summed E-state index contributed by atoms with van der Waals surface area (Å²) in [6.45, 7) is 7.67. The van der Waals surface area contributed by atoms with E-state index in [4.69, 9.17) is 0 Å². The third-order valence-corrected chi connectivity index (χ3v) is 5.27. The lowest BCUT2D eigenvalue weighted by molar-refractivity contribution is -0.150. The molecule has 1 saturated heterocycles. The van der Waals surface area contributed by atoms with E-state index >= 15 is 0 Å². The van der Waals surface area contributed by atoms with E-state index in [-0.39, 0.29) is 0 Å². The average molecular weight is 268 g/mol. The largest absolute Gasteiger partial charge is 0.481 e. The molecule has 4 nitrogen and oxygen atoms in total. The average Bonchev–Trinajstić information content (AvgIpc) is 2.69. The zero-order valence-electron chi connectivity index (χ0n) is 11.2. The van der Waals surface area contributed by atoms with Crippen LogP contribution in [0.5, 0.6) is 0 Å². The van der Waals surface area contributed by atoms with E-state index in [1.807, 2.05) is 13.8 Å². The first-order chi connectivity index (χ1) is 8.48. The Balaban J connectivity index is 2.08. The molecule has 0 saturated carbocycles. The van der Waals surface area contributed by atoms with Crippen molar-refractivity contribution in [3.8, 4) is 0 Å². The predicted octanol–water partition coefficient (Wildman–Crippen LogP) is 2.84. The van der Waals surface area contributed by atoms with E-state index in [0.717, 1.165) is 36.8 Å². The van der Waals surface area contributed by atoms with Crippen molar-refractivity contribution in [2.75, 3.05) is 18.0 Å². The Labute approximate surface area is 112 Å². The first-order valence-corrected chi connectivity index (χ1v) is 7.22. The van der Waals surface area contributed by atoms with Gasteiger partial charge < -0.3 is 10.0 Å². The first-order valence-electron chi connectivity index (χ1n) is 6.41. The molecule has 0 bridgehead atoms. The van der Waals surface area contributed by atoms with Crippen LogP contribution in [-0.4, -0.2) is 29.1 Å². The number of carboxylic acid groups (broad SMARTS) is 1. The molecular formula is C13H20N2O2S. The zero-order valence-corrected chi connectivity index (χ0v) is 12.0. The monoisotopic (exact) mass is 268 g/mol. The van der Waals surface area contributed by atoms with Crippen molar-refractivity contribution in [2.24, 2.45) is 5.41 Å². The summed E-state index contributed by atoms with van der Waals surface area (Å²) in [6.07, 6.45) is 2.15. The number of nitrogens with zero attached hydrogens (tertiary/aromatic N) is 2. The van der Waals surface area contributed by atoms with Crippen LogP contribution in [0.2, 0.25) is 0 Å². The molecule has 0 unspecified atom stereocenters. The highest BCUT2D eigenvalue weighted by atomic mass is 32.1. The maximum atomic E-state index is 11.4. The van der Waals surface area contributed by atoms with E-state index in [1.165, 1.54) is 4.88 Å². The molecule has 0 atom stereocenters. The number of hydrogen-bond donors (Lipinski definition) is 1. The van der Waals surface area contributed by atoms with Crippen molar-refractivity contribution >= 4 is 22.4 Å². The Kier molecular flexibility index (Phi) is 3.61. The molecule has 0 aromatic carbocycles. The Morgan fingerprint density at radius 3 is 2.44 bits per heavy atom. The fourth-order valence-electron chi connectivity index (χ4n) is 2.44. The fraction of sp³-hybridized carbons (Fsp3) is 0.692. The summed E-state index contributed by atoms with van der Waals surface area (Å²) < 4.78 is 0. The van der Waals surface area contributed by atoms with Gasteiger partial charge in [-0.2, -0.15) is 0 Å². The summed E-state index contributed by atoms with van der Waals surface area (Å²) in [4.78, 5) is 19.4. The molecule has 100 valence electrons. The topological polar surface area (TPSA) is 53.4 Å². The van der Waals surface area contributed by atoms with Crippen molar-refractivity contribution in [2.45, 2.75) is 40.0 Å². The van der Waals surface area contributed by atoms with Crippen LogP contribution in [0.1, 0.15) is 36.8 Å². The lowest BCUT2D eigenvalue weighted by atomic mass is 9.76. The first kappa shape index (κ1) is 13.3. The summed E-state index contributed by atoms with van der Waals surface area (Å²) in [5, 5.41) is 10.4. The molecule has 1 fully saturated rings. The van der Waals surface area contributed by atoms with Crippen LogP contribution in [0.3, 0.4) is 0 Å². The van der Waals surface area contributed by atoms with Gasteiger partial charge in [0, 0.05) is 18.0 Å². The highest BCUT2D eigenvalue weighted by Gasteiger charge is 2.40. The van der Waals surface area contributed by atoms with Crippen molar-refractivity contribution in [3.63, 3.8) is 0 Å². The van der Waals surface area contributed by atoms with Crippen LogP contribution in [-0.2, 0) is 4.79 Å². The second kappa shape index (κ2) is 4.88. The third kappa shape index (κ3) is 2.23. The lowest BCUT2D eigenvalue weighted by Crippen LogP contribution is -2.44. The van der Waals surface area contributed by atoms with Crippen molar-refractivity contribution in [1.82, 2.24) is 4.98 Å². The molecule has 5 heteroatoms. The summed E-state index contributed by atoms with van der Waals surface area (Å²) >= 11 is 1.70. The smallest absolute Gasteiger partial charge is 0.309 e. The van der Waals surface area contributed by atoms with Gasteiger partial charge in [-0.05, 0) is 33.1 Å². The lowest BCUT2D eigenvalue weighted by Gasteiger charge is -2.38. The molecule has 2 heterocycles. The number of piperidine rings is 1. The molecule has 2 rings (SSSR count). The molecule has 1 aromatic rings. The Morgan fingerprint density at radius 1 is 1.44 bits per heavy atom. The molecule has 1 N–H and O–H groups in total. The maximum absolute atomic E-state index is 11.4. The van der Waals surface area contributed by atoms with Gasteiger partial charge in [0.2, 0.25) is 0 Å². The van der Waals surface area contributed by atoms with Crippen LogP contribution in [0, 0.1) is 19.3 Å². The highest BCUT2D eigenvalue weighted by Crippen LogP contribution is 2.37. The molecule has 1 aromatic heterocycles. The van der Waals surface area contributed by atoms with Crippen LogP contribution < -0.4 is 4.90 Å². The standard InChI is InChI=1S/C13H20N2O2S/c1-4-13(11(16)17)5-7-15(8-6-13)12-14-9(2)10(3)18-12/h4-8H2,1-3H3,(H,16,17). The number of aromatic nitrogens is 1. The van der Waals surface area contributed by atoms with Crippen LogP contribution in [0.15, 0.2) is 0 Å². The number of rotatable bonds is 3. The molecule has 0 radical (unpaired) electrons. The van der Waals surface area contributed by atoms with E-state index in [9.17, 15) is 9.90 Å². The van der Waals surface area contributed by atoms with Gasteiger partial charge in [-0.3, -0.25) is 4.79 Å². The van der Waals surface area contributed by atoms with E-state index in [0.29, 0.717) is 6.42 Å². The third-order valence-electron chi connectivity index (χ3n) is 4.14. The quantitative estimate of drug-likeness (QED) is 0.916. The summed E-state index contributed by atoms with van der Waals surface area (Å²) in [5.74, 6) is -0.642. The molecular weight excluding hydrogens is 248 g/mol. The zero-order chi connectivity index (χ0) is 13.3. The molecule has 0 aliphatic carbocycles. The van der Waals surface area contributed by atoms with Gasteiger partial charge in [0.1, 0.15) is 0 Å². The fourth-order valence-corrected chi connectivity index (χ4v) is 3.40. The summed E-state index contributed by atoms with van der Waals surface area (Å²) in [7, 11) is 0. The second-order valence-electron chi connectivity index (χ2n) is 5.06. The van der Waals surface area contributed by atoms with Gasteiger partial charge >= 0.3 is 5.97 Å². The van der Waals surface area contributed by atoms with Gasteiger partial charge in [-0.15, -0.1) is 11.3 Å². The summed E-state index contributed by atoms with van der Waals surface area (Å²) in [5.41, 5.74) is 0.568. The predicted molar refractivity (Wildman–Crippen MR) is 73.4 cm³/mol. The molecule has 1 aliphatic heterocycles. The highest BCUT2D eigenvalue weighted by molar-refractivity contribution is 7.15. The van der Waals surface area contributed by atoms with E-state index in [2.05, 4.69) is 16.8 Å². The molecule has 18 heavy (non-hydrogen) atoms. The van der Waals surface area contributed by atoms with Gasteiger partial charge in [0.15, 0.2) is 5.13 Å². The van der Waals surface area contributed by atoms with Crippen LogP contribution in [0.25, 0.3) is 0 Å². The Morgan fingerprint density at radius 2 is 2.06 bits per heavy atom. The van der Waals surface area contributed by atoms with Gasteiger partial charge in [-0.25, -0.2) is 4.98 Å². The van der Waals surface area contributed by atoms with Crippen molar-refractivity contribution in [1.29, 1.82) is 0 Å². The maximum Gasteiger partial charge on any atom is 0.309 e. The second-order valence-corrected chi connectivity index (χ2v) is 6.25. The number of carbonyl (C=O) groups is 1. The van der Waals surface area contributed by atoms with E-state index < -0.39 is 11.4 Å². The minimum atomic E-state index is -0.642. The number of aliphatic carboxylic acids is 1. The SMILES string of the molecule is CCC1(C(=O)O)CCN(c2nc(C)c(C)s2)CC1. The molecule has 1 aliphatic rings. The number of carboxylic acids is 1. The minimum absolute atomic E-state index is 0.516.